The van der Waals surface area contributed by atoms with Crippen LogP contribution in [0.3, 0.4) is 0 Å². The van der Waals surface area contributed by atoms with Crippen LogP contribution in [0.25, 0.3) is 44.3 Å². The van der Waals surface area contributed by atoms with E-state index in [9.17, 15) is 0 Å². The van der Waals surface area contributed by atoms with E-state index in [0.29, 0.717) is 0 Å². The molecule has 0 spiro atoms. The summed E-state index contributed by atoms with van der Waals surface area (Å²) in [6.45, 7) is 22.6. The molecule has 0 radical (unpaired) electrons. The molecule has 4 heteroatoms. The molecule has 1 aromatic heterocycles. The van der Waals surface area contributed by atoms with Gasteiger partial charge >= 0.3 is 6.85 Å². The summed E-state index contributed by atoms with van der Waals surface area (Å²) in [4.78, 5) is 5.13. The monoisotopic (exact) mass is 780 g/mol. The van der Waals surface area contributed by atoms with Crippen LogP contribution < -0.4 is 20.6 Å². The minimum absolute atomic E-state index is 0.0380. The fraction of sp³-hybridized carbons (Fsp3) is 0.214. The molecule has 0 amide bonds. The van der Waals surface area contributed by atoms with Crippen LogP contribution >= 0.6 is 0 Å². The molecular formula is C56H53BN2O. The van der Waals surface area contributed by atoms with E-state index in [2.05, 4.69) is 212 Å². The number of aryl methyl sites for hydroxylation is 4. The number of nitrogens with zero attached hydrogens (tertiary/aromatic N) is 2. The molecule has 2 aliphatic rings. The summed E-state index contributed by atoms with van der Waals surface area (Å²) in [5.41, 5.74) is 24.5. The molecule has 7 aromatic carbocycles. The Hall–Kier alpha value is -6.26. The number of hydrogen-bond acceptors (Lipinski definition) is 3. The second-order valence-electron chi connectivity index (χ2n) is 19.3. The van der Waals surface area contributed by atoms with Crippen molar-refractivity contribution in [3.05, 3.63) is 173 Å². The Kier molecular flexibility index (Phi) is 8.64. The Balaban J connectivity index is 1.30. The third kappa shape index (κ3) is 5.94. The average molecular weight is 781 g/mol. The highest BCUT2D eigenvalue weighted by molar-refractivity contribution is 6.94. The number of anilines is 5. The number of benzene rings is 7. The molecule has 0 atom stereocenters. The van der Waals surface area contributed by atoms with Gasteiger partial charge in [-0.2, -0.15) is 0 Å². The van der Waals surface area contributed by atoms with E-state index < -0.39 is 0 Å². The van der Waals surface area contributed by atoms with Crippen molar-refractivity contribution in [1.29, 1.82) is 0 Å². The van der Waals surface area contributed by atoms with Gasteiger partial charge in [-0.15, -0.1) is 0 Å². The zero-order valence-corrected chi connectivity index (χ0v) is 36.7. The third-order valence-electron chi connectivity index (χ3n) is 13.2. The number of hydrogen-bond donors (Lipinski definition) is 0. The Morgan fingerprint density at radius 2 is 1.03 bits per heavy atom. The lowest BCUT2D eigenvalue weighted by Gasteiger charge is -2.46. The number of rotatable bonds is 4. The van der Waals surface area contributed by atoms with Gasteiger partial charge in [0.2, 0.25) is 0 Å². The molecule has 0 saturated carbocycles. The molecule has 10 rings (SSSR count). The average Bonchev–Trinajstić information content (AvgIpc) is 3.69. The van der Waals surface area contributed by atoms with Crippen LogP contribution in [0, 0.1) is 27.7 Å². The van der Waals surface area contributed by atoms with Crippen LogP contribution in [0.2, 0.25) is 0 Å². The largest absolute Gasteiger partial charge is 0.464 e. The third-order valence-corrected chi connectivity index (χ3v) is 13.2. The second kappa shape index (κ2) is 13.6. The van der Waals surface area contributed by atoms with E-state index in [1.165, 1.54) is 100 Å². The summed E-state index contributed by atoms with van der Waals surface area (Å²) in [7, 11) is 0. The molecule has 0 bridgehead atoms. The predicted octanol–water partition coefficient (Wildman–Crippen LogP) is 14.3. The lowest BCUT2D eigenvalue weighted by Crippen LogP contribution is -2.61. The van der Waals surface area contributed by atoms with Gasteiger partial charge in [0.1, 0.15) is 5.58 Å². The molecule has 2 aliphatic heterocycles. The lowest BCUT2D eigenvalue weighted by atomic mass is 9.43. The fourth-order valence-corrected chi connectivity index (χ4v) is 10.1. The van der Waals surface area contributed by atoms with Gasteiger partial charge in [0.15, 0.2) is 0 Å². The van der Waals surface area contributed by atoms with Crippen molar-refractivity contribution in [2.75, 3.05) is 9.71 Å². The molecule has 3 nitrogen and oxygen atoms in total. The molecule has 60 heavy (non-hydrogen) atoms. The van der Waals surface area contributed by atoms with Crippen LogP contribution in [-0.2, 0) is 10.8 Å². The summed E-state index contributed by atoms with van der Waals surface area (Å²) < 4.78 is 6.57. The first kappa shape index (κ1) is 38.0. The molecule has 296 valence electrons. The molecule has 0 fully saturated rings. The van der Waals surface area contributed by atoms with Crippen LogP contribution in [0.1, 0.15) is 74.9 Å². The zero-order chi connectivity index (χ0) is 41.8. The molecule has 0 aliphatic carbocycles. The van der Waals surface area contributed by atoms with Crippen molar-refractivity contribution < 1.29 is 4.42 Å². The summed E-state index contributed by atoms with van der Waals surface area (Å²) in [6.07, 6.45) is 1.86. The quantitative estimate of drug-likeness (QED) is 0.166. The fourth-order valence-electron chi connectivity index (χ4n) is 10.1. The van der Waals surface area contributed by atoms with Crippen LogP contribution in [0.5, 0.6) is 0 Å². The summed E-state index contributed by atoms with van der Waals surface area (Å²) in [6, 6.07) is 50.6. The van der Waals surface area contributed by atoms with Crippen molar-refractivity contribution in [2.24, 2.45) is 0 Å². The van der Waals surface area contributed by atoms with Crippen molar-refractivity contribution >= 4 is 57.2 Å². The molecule has 8 aromatic rings. The van der Waals surface area contributed by atoms with Gasteiger partial charge < -0.3 is 14.1 Å². The van der Waals surface area contributed by atoms with Crippen LogP contribution in [0.15, 0.2) is 144 Å². The maximum atomic E-state index is 6.57. The first-order chi connectivity index (χ1) is 28.7. The predicted molar refractivity (Wildman–Crippen MR) is 257 cm³/mol. The normalized spacial score (nSPS) is 13.4. The number of furan rings is 1. The number of fused-ring (bicyclic) bond motifs is 6. The van der Waals surface area contributed by atoms with Gasteiger partial charge in [-0.25, -0.2) is 0 Å². The van der Waals surface area contributed by atoms with Crippen molar-refractivity contribution in [2.45, 2.75) is 80.1 Å². The standard InChI is InChI=1S/C56H53BN2O/c1-34-13-11-14-35(2)50(34)38-17-23-43(24-18-38)58-48-27-19-39(51-36(3)15-12-16-37(51)4)31-46(48)57-53-49(58)32-40-29-30-60-54(40)52(53)45-33-42(56(8,9)10)22-28-47(45)59(57)44-25-20-41(21-26-44)55(5,6)7/h11-33H,1-10H3. The van der Waals surface area contributed by atoms with E-state index >= 15 is 0 Å². The van der Waals surface area contributed by atoms with Crippen LogP contribution in [-0.4, -0.2) is 6.85 Å². The van der Waals surface area contributed by atoms with Gasteiger partial charge in [0.05, 0.1) is 6.26 Å². The van der Waals surface area contributed by atoms with Gasteiger partial charge in [-0.3, -0.25) is 0 Å². The van der Waals surface area contributed by atoms with Crippen molar-refractivity contribution in [3.63, 3.8) is 0 Å². The summed E-state index contributed by atoms with van der Waals surface area (Å²) >= 11 is 0. The highest BCUT2D eigenvalue weighted by atomic mass is 16.3. The topological polar surface area (TPSA) is 19.6 Å². The molecular weight excluding hydrogens is 727 g/mol. The van der Waals surface area contributed by atoms with E-state index in [0.717, 1.165) is 16.7 Å². The Morgan fingerprint density at radius 3 is 1.65 bits per heavy atom. The Labute approximate surface area is 356 Å². The molecule has 0 unspecified atom stereocenters. The Morgan fingerprint density at radius 1 is 0.483 bits per heavy atom. The highest BCUT2D eigenvalue weighted by Crippen LogP contribution is 2.50. The smallest absolute Gasteiger partial charge is 0.333 e. The minimum Gasteiger partial charge on any atom is -0.464 e. The molecule has 0 saturated heterocycles. The van der Waals surface area contributed by atoms with Gasteiger partial charge in [0, 0.05) is 45.0 Å². The van der Waals surface area contributed by atoms with Gasteiger partial charge in [0.25, 0.3) is 0 Å². The first-order valence-electron chi connectivity index (χ1n) is 21.4. The second-order valence-corrected chi connectivity index (χ2v) is 19.3. The SMILES string of the molecule is Cc1cccc(C)c1-c1ccc(N2c3ccc(-c4c(C)cccc4C)cc3B3c4c2cc2ccoc2c4-c2cc(C(C)(C)C)ccc2N3c2ccc(C(C)(C)C)cc2)cc1. The maximum Gasteiger partial charge on any atom is 0.333 e. The maximum absolute atomic E-state index is 6.57. The van der Waals surface area contributed by atoms with Gasteiger partial charge in [-0.05, 0) is 160 Å². The zero-order valence-electron chi connectivity index (χ0n) is 36.7. The van der Waals surface area contributed by atoms with Crippen LogP contribution in [0.4, 0.5) is 28.4 Å². The Bertz CT molecular complexity index is 2950. The lowest BCUT2D eigenvalue weighted by molar-refractivity contribution is 0.590. The first-order valence-corrected chi connectivity index (χ1v) is 21.4. The highest BCUT2D eigenvalue weighted by Gasteiger charge is 2.46. The van der Waals surface area contributed by atoms with E-state index in [1.807, 2.05) is 6.26 Å². The van der Waals surface area contributed by atoms with Crippen molar-refractivity contribution in [3.8, 4) is 33.4 Å². The summed E-state index contributed by atoms with van der Waals surface area (Å²) in [5, 5.41) is 1.10. The van der Waals surface area contributed by atoms with E-state index in [4.69, 9.17) is 4.42 Å². The van der Waals surface area contributed by atoms with Gasteiger partial charge in [-0.1, -0.05) is 120 Å². The summed E-state index contributed by atoms with van der Waals surface area (Å²) in [5.74, 6) is 0. The van der Waals surface area contributed by atoms with Crippen molar-refractivity contribution in [1.82, 2.24) is 0 Å². The van der Waals surface area contributed by atoms with E-state index in [1.54, 1.807) is 0 Å². The molecule has 3 heterocycles. The van der Waals surface area contributed by atoms with E-state index in [-0.39, 0.29) is 17.7 Å². The minimum atomic E-state index is -0.137. The molecule has 0 N–H and O–H groups in total.